The van der Waals surface area contributed by atoms with Crippen LogP contribution in [0.3, 0.4) is 0 Å². The van der Waals surface area contributed by atoms with E-state index in [1.54, 1.807) is 6.20 Å². The number of aryl methyl sites for hydroxylation is 1. The lowest BCUT2D eigenvalue weighted by molar-refractivity contribution is 0.644. The zero-order valence-electron chi connectivity index (χ0n) is 9.47. The lowest BCUT2D eigenvalue weighted by atomic mass is 10.2. The maximum atomic E-state index is 5.26. The summed E-state index contributed by atoms with van der Waals surface area (Å²) in [6, 6.07) is 4.05. The molecule has 2 aromatic rings. The van der Waals surface area contributed by atoms with E-state index in [1.165, 1.54) is 18.4 Å². The van der Waals surface area contributed by atoms with Gasteiger partial charge in [0.1, 0.15) is 5.82 Å². The Kier molecular flexibility index (Phi) is 2.76. The van der Waals surface area contributed by atoms with E-state index in [4.69, 9.17) is 12.2 Å². The van der Waals surface area contributed by atoms with E-state index in [9.17, 15) is 0 Å². The van der Waals surface area contributed by atoms with Crippen LogP contribution in [0.25, 0.3) is 0 Å². The summed E-state index contributed by atoms with van der Waals surface area (Å²) in [5, 5.41) is 7.22. The number of pyridine rings is 1. The van der Waals surface area contributed by atoms with Crippen molar-refractivity contribution in [2.24, 2.45) is 0 Å². The quantitative estimate of drug-likeness (QED) is 0.843. The molecule has 3 rings (SSSR count). The van der Waals surface area contributed by atoms with Crippen molar-refractivity contribution in [3.63, 3.8) is 0 Å². The molecule has 2 heterocycles. The van der Waals surface area contributed by atoms with Gasteiger partial charge in [0, 0.05) is 24.9 Å². The third kappa shape index (κ3) is 2.29. The molecule has 0 atom stereocenters. The van der Waals surface area contributed by atoms with Crippen LogP contribution in [0, 0.1) is 4.77 Å². The van der Waals surface area contributed by atoms with Gasteiger partial charge < -0.3 is 4.57 Å². The summed E-state index contributed by atoms with van der Waals surface area (Å²) in [6.07, 6.45) is 7.13. The molecule has 1 saturated carbocycles. The van der Waals surface area contributed by atoms with Gasteiger partial charge in [-0.25, -0.2) is 0 Å². The molecule has 0 bridgehead atoms. The van der Waals surface area contributed by atoms with Crippen LogP contribution >= 0.6 is 12.2 Å². The van der Waals surface area contributed by atoms with E-state index >= 15 is 0 Å². The van der Waals surface area contributed by atoms with Gasteiger partial charge in [-0.05, 0) is 43.1 Å². The number of hydrogen-bond acceptors (Lipinski definition) is 3. The van der Waals surface area contributed by atoms with Crippen molar-refractivity contribution in [1.29, 1.82) is 0 Å². The lowest BCUT2D eigenvalue weighted by Crippen LogP contribution is -2.05. The standard InChI is InChI=1S/C12H14N4S/c17-12-15-14-11(10-3-4-10)16(12)7-5-9-2-1-6-13-8-9/h1-2,6,8,10H,3-5,7H2,(H,15,17). The monoisotopic (exact) mass is 246 g/mol. The van der Waals surface area contributed by atoms with E-state index in [-0.39, 0.29) is 0 Å². The molecule has 0 saturated heterocycles. The molecule has 0 aromatic carbocycles. The van der Waals surface area contributed by atoms with Gasteiger partial charge >= 0.3 is 0 Å². The molecule has 5 heteroatoms. The maximum Gasteiger partial charge on any atom is 0.195 e. The molecule has 0 spiro atoms. The fourth-order valence-electron chi connectivity index (χ4n) is 1.99. The van der Waals surface area contributed by atoms with Crippen molar-refractivity contribution >= 4 is 12.2 Å². The van der Waals surface area contributed by atoms with Crippen molar-refractivity contribution in [2.45, 2.75) is 31.7 Å². The van der Waals surface area contributed by atoms with Crippen molar-refractivity contribution in [3.8, 4) is 0 Å². The van der Waals surface area contributed by atoms with Crippen LogP contribution in [-0.2, 0) is 13.0 Å². The van der Waals surface area contributed by atoms with E-state index in [0.29, 0.717) is 5.92 Å². The minimum absolute atomic E-state index is 0.622. The van der Waals surface area contributed by atoms with Gasteiger partial charge in [0.05, 0.1) is 0 Å². The first-order valence-corrected chi connectivity index (χ1v) is 6.29. The van der Waals surface area contributed by atoms with Crippen LogP contribution in [0.2, 0.25) is 0 Å². The first-order chi connectivity index (χ1) is 8.34. The summed E-state index contributed by atoms with van der Waals surface area (Å²) >= 11 is 5.26. The summed E-state index contributed by atoms with van der Waals surface area (Å²) in [5.41, 5.74) is 1.23. The van der Waals surface area contributed by atoms with Crippen molar-refractivity contribution in [3.05, 3.63) is 40.7 Å². The first kappa shape index (κ1) is 10.7. The van der Waals surface area contributed by atoms with Gasteiger partial charge in [-0.2, -0.15) is 5.10 Å². The van der Waals surface area contributed by atoms with Crippen LogP contribution in [0.5, 0.6) is 0 Å². The maximum absolute atomic E-state index is 5.26. The average molecular weight is 246 g/mol. The highest BCUT2D eigenvalue weighted by Gasteiger charge is 2.28. The topological polar surface area (TPSA) is 46.5 Å². The van der Waals surface area contributed by atoms with Crippen molar-refractivity contribution in [1.82, 2.24) is 19.7 Å². The number of H-pyrrole nitrogens is 1. The molecule has 4 nitrogen and oxygen atoms in total. The normalized spacial score (nSPS) is 15.1. The lowest BCUT2D eigenvalue weighted by Gasteiger charge is -2.05. The van der Waals surface area contributed by atoms with Gasteiger partial charge in [0.25, 0.3) is 0 Å². The van der Waals surface area contributed by atoms with Crippen molar-refractivity contribution < 1.29 is 0 Å². The minimum Gasteiger partial charge on any atom is -0.304 e. The number of nitrogens with one attached hydrogen (secondary N) is 1. The zero-order chi connectivity index (χ0) is 11.7. The van der Waals surface area contributed by atoms with Crippen LogP contribution in [0.4, 0.5) is 0 Å². The van der Waals surface area contributed by atoms with Gasteiger partial charge in [0.2, 0.25) is 0 Å². The Morgan fingerprint density at radius 1 is 1.47 bits per heavy atom. The predicted molar refractivity (Wildman–Crippen MR) is 67.3 cm³/mol. The first-order valence-electron chi connectivity index (χ1n) is 5.88. The third-order valence-corrected chi connectivity index (χ3v) is 3.39. The molecule has 0 amide bonds. The molecule has 0 aliphatic heterocycles. The minimum atomic E-state index is 0.622. The molecule has 1 aliphatic rings. The molecule has 2 aromatic heterocycles. The largest absolute Gasteiger partial charge is 0.304 e. The fourth-order valence-corrected chi connectivity index (χ4v) is 2.22. The predicted octanol–water partition coefficient (Wildman–Crippen LogP) is 2.46. The highest BCUT2D eigenvalue weighted by Crippen LogP contribution is 2.38. The number of hydrogen-bond donors (Lipinski definition) is 1. The summed E-state index contributed by atoms with van der Waals surface area (Å²) < 4.78 is 2.86. The van der Waals surface area contributed by atoms with Gasteiger partial charge in [-0.3, -0.25) is 10.1 Å². The Bertz CT molecular complexity index is 553. The van der Waals surface area contributed by atoms with Crippen LogP contribution < -0.4 is 0 Å². The second-order valence-electron chi connectivity index (χ2n) is 4.42. The smallest absolute Gasteiger partial charge is 0.195 e. The second-order valence-corrected chi connectivity index (χ2v) is 4.81. The Balaban J connectivity index is 1.77. The zero-order valence-corrected chi connectivity index (χ0v) is 10.3. The Labute approximate surface area is 105 Å². The number of nitrogens with zero attached hydrogens (tertiary/aromatic N) is 3. The molecular formula is C12H14N4S. The van der Waals surface area contributed by atoms with Crippen LogP contribution in [-0.4, -0.2) is 19.7 Å². The number of rotatable bonds is 4. The number of aromatic amines is 1. The average Bonchev–Trinajstić information content (AvgIpc) is 3.13. The SMILES string of the molecule is S=c1[nH]nc(C2CC2)n1CCc1cccnc1. The Morgan fingerprint density at radius 2 is 2.35 bits per heavy atom. The van der Waals surface area contributed by atoms with Gasteiger partial charge in [0.15, 0.2) is 4.77 Å². The fraction of sp³-hybridized carbons (Fsp3) is 0.417. The van der Waals surface area contributed by atoms with Gasteiger partial charge in [-0.15, -0.1) is 0 Å². The molecule has 88 valence electrons. The van der Waals surface area contributed by atoms with E-state index in [2.05, 4.69) is 25.8 Å². The highest BCUT2D eigenvalue weighted by atomic mass is 32.1. The molecule has 0 radical (unpaired) electrons. The summed E-state index contributed by atoms with van der Waals surface area (Å²) in [5.74, 6) is 1.75. The highest BCUT2D eigenvalue weighted by molar-refractivity contribution is 7.71. The molecule has 17 heavy (non-hydrogen) atoms. The van der Waals surface area contributed by atoms with E-state index in [1.807, 2.05) is 12.3 Å². The van der Waals surface area contributed by atoms with Crippen LogP contribution in [0.15, 0.2) is 24.5 Å². The van der Waals surface area contributed by atoms with E-state index < -0.39 is 0 Å². The third-order valence-electron chi connectivity index (χ3n) is 3.08. The van der Waals surface area contributed by atoms with Gasteiger partial charge in [-0.1, -0.05) is 6.07 Å². The van der Waals surface area contributed by atoms with E-state index in [0.717, 1.165) is 23.6 Å². The molecular weight excluding hydrogens is 232 g/mol. The summed E-state index contributed by atoms with van der Waals surface area (Å²) in [6.45, 7) is 0.882. The van der Waals surface area contributed by atoms with Crippen molar-refractivity contribution in [2.75, 3.05) is 0 Å². The summed E-state index contributed by atoms with van der Waals surface area (Å²) in [7, 11) is 0. The molecule has 0 unspecified atom stereocenters. The van der Waals surface area contributed by atoms with Crippen LogP contribution in [0.1, 0.15) is 30.1 Å². The number of aromatic nitrogens is 4. The Hall–Kier alpha value is -1.49. The molecule has 1 aliphatic carbocycles. The second kappa shape index (κ2) is 4.41. The molecule has 1 N–H and O–H groups in total. The Morgan fingerprint density at radius 3 is 3.06 bits per heavy atom. The summed E-state index contributed by atoms with van der Waals surface area (Å²) in [4.78, 5) is 4.12. The molecule has 1 fully saturated rings.